The van der Waals surface area contributed by atoms with E-state index in [9.17, 15) is 10.2 Å². The summed E-state index contributed by atoms with van der Waals surface area (Å²) in [5, 5.41) is 22.3. The zero-order valence-corrected chi connectivity index (χ0v) is 23.1. The Balaban J connectivity index is 1.62. The Labute approximate surface area is 222 Å². The predicted molar refractivity (Wildman–Crippen MR) is 150 cm³/mol. The molecule has 1 aliphatic rings. The molecule has 6 heteroatoms. The first-order valence-corrected chi connectivity index (χ1v) is 15.1. The second-order valence-electron chi connectivity index (χ2n) is 10.8. The van der Waals surface area contributed by atoms with Crippen molar-refractivity contribution in [3.8, 4) is 0 Å². The summed E-state index contributed by atoms with van der Waals surface area (Å²) in [4.78, 5) is 0. The van der Waals surface area contributed by atoms with Gasteiger partial charge in [0.15, 0.2) is 0 Å². The number of ether oxygens (including phenoxy) is 2. The average molecular weight is 521 g/mol. The summed E-state index contributed by atoms with van der Waals surface area (Å²) >= 11 is 0. The SMILES string of the molecule is CC(C)(C)[Si](O[C@@H]1C[C@H]([C@@H](O)CO)O[C@@H]1CCOCc1ccccc1)(c1ccccc1)c1ccccc1. The highest BCUT2D eigenvalue weighted by atomic mass is 28.4. The van der Waals surface area contributed by atoms with Crippen LogP contribution in [-0.4, -0.2) is 56.2 Å². The lowest BCUT2D eigenvalue weighted by molar-refractivity contribution is -0.0674. The zero-order valence-electron chi connectivity index (χ0n) is 22.1. The maximum atomic E-state index is 10.5. The summed E-state index contributed by atoms with van der Waals surface area (Å²) in [7, 11) is -2.80. The minimum atomic E-state index is -2.80. The van der Waals surface area contributed by atoms with E-state index in [1.165, 1.54) is 10.4 Å². The second kappa shape index (κ2) is 12.5. The summed E-state index contributed by atoms with van der Waals surface area (Å²) in [5.41, 5.74) is 1.13. The van der Waals surface area contributed by atoms with E-state index in [0.29, 0.717) is 26.1 Å². The molecule has 0 radical (unpaired) electrons. The van der Waals surface area contributed by atoms with Crippen LogP contribution in [0.1, 0.15) is 39.2 Å². The maximum absolute atomic E-state index is 10.5. The maximum Gasteiger partial charge on any atom is 0.261 e. The predicted octanol–water partition coefficient (Wildman–Crippen LogP) is 4.05. The van der Waals surface area contributed by atoms with Gasteiger partial charge in [0.25, 0.3) is 8.32 Å². The third kappa shape index (κ3) is 6.40. The van der Waals surface area contributed by atoms with Gasteiger partial charge >= 0.3 is 0 Å². The molecular formula is C31H40O5Si. The van der Waals surface area contributed by atoms with Crippen molar-refractivity contribution < 1.29 is 24.1 Å². The molecule has 198 valence electrons. The molecule has 5 nitrogen and oxygen atoms in total. The van der Waals surface area contributed by atoms with Gasteiger partial charge in [-0.25, -0.2) is 0 Å². The number of hydrogen-bond donors (Lipinski definition) is 2. The van der Waals surface area contributed by atoms with Gasteiger partial charge in [-0.1, -0.05) is 112 Å². The lowest BCUT2D eigenvalue weighted by atomic mass is 10.1. The van der Waals surface area contributed by atoms with Crippen LogP contribution in [0.25, 0.3) is 0 Å². The molecule has 0 aromatic heterocycles. The summed E-state index contributed by atoms with van der Waals surface area (Å²) < 4.78 is 19.7. The van der Waals surface area contributed by atoms with Crippen molar-refractivity contribution >= 4 is 18.7 Å². The quantitative estimate of drug-likeness (QED) is 0.295. The van der Waals surface area contributed by atoms with E-state index in [2.05, 4.69) is 81.4 Å². The van der Waals surface area contributed by atoms with Gasteiger partial charge in [0, 0.05) is 13.0 Å². The van der Waals surface area contributed by atoms with Crippen molar-refractivity contribution in [2.24, 2.45) is 0 Å². The smallest absolute Gasteiger partial charge is 0.261 e. The average Bonchev–Trinajstić information content (AvgIpc) is 3.32. The lowest BCUT2D eigenvalue weighted by Crippen LogP contribution is -2.68. The molecule has 37 heavy (non-hydrogen) atoms. The minimum absolute atomic E-state index is 0.169. The summed E-state index contributed by atoms with van der Waals surface area (Å²) in [6, 6.07) is 31.2. The van der Waals surface area contributed by atoms with Crippen LogP contribution in [0, 0.1) is 0 Å². The number of aliphatic hydroxyl groups is 2. The van der Waals surface area contributed by atoms with Crippen LogP contribution in [0.4, 0.5) is 0 Å². The highest BCUT2D eigenvalue weighted by Gasteiger charge is 2.54. The Morgan fingerprint density at radius 3 is 1.95 bits per heavy atom. The van der Waals surface area contributed by atoms with Gasteiger partial charge in [0.1, 0.15) is 6.10 Å². The number of rotatable bonds is 11. The lowest BCUT2D eigenvalue weighted by Gasteiger charge is -2.45. The highest BCUT2D eigenvalue weighted by Crippen LogP contribution is 2.40. The standard InChI is InChI=1S/C31H40O5Si/c1-31(2,3)37(25-15-9-5-10-16-25,26-17-11-6-12-18-26)36-30-21-29(27(33)22-32)35-28(30)19-20-34-23-24-13-7-4-8-14-24/h4-18,27-30,32-33H,19-23H2,1-3H3/t27-,28+,29+,30+/m0/s1. The molecule has 0 bridgehead atoms. The van der Waals surface area contributed by atoms with Crippen LogP contribution in [0.3, 0.4) is 0 Å². The van der Waals surface area contributed by atoms with Gasteiger partial charge in [-0.3, -0.25) is 0 Å². The summed E-state index contributed by atoms with van der Waals surface area (Å²) in [6.07, 6.45) is -0.741. The molecule has 3 aromatic rings. The Morgan fingerprint density at radius 2 is 1.43 bits per heavy atom. The number of benzene rings is 3. The molecule has 2 N–H and O–H groups in total. The molecule has 0 amide bonds. The monoisotopic (exact) mass is 520 g/mol. The third-order valence-corrected chi connectivity index (χ3v) is 12.3. The fraction of sp³-hybridized carbons (Fsp3) is 0.419. The van der Waals surface area contributed by atoms with Crippen LogP contribution in [0.5, 0.6) is 0 Å². The minimum Gasteiger partial charge on any atom is -0.402 e. The molecule has 0 saturated carbocycles. The van der Waals surface area contributed by atoms with E-state index in [1.807, 2.05) is 30.3 Å². The van der Waals surface area contributed by atoms with E-state index in [-0.39, 0.29) is 23.9 Å². The summed E-state index contributed by atoms with van der Waals surface area (Å²) in [6.45, 7) is 7.49. The Hall–Kier alpha value is -2.32. The van der Waals surface area contributed by atoms with Gasteiger partial charge in [-0.2, -0.15) is 0 Å². The molecule has 1 heterocycles. The van der Waals surface area contributed by atoms with Gasteiger partial charge < -0.3 is 24.1 Å². The Bertz CT molecular complexity index is 1030. The number of hydrogen-bond acceptors (Lipinski definition) is 5. The first-order chi connectivity index (χ1) is 17.8. The molecular weight excluding hydrogens is 480 g/mol. The van der Waals surface area contributed by atoms with E-state index in [0.717, 1.165) is 5.56 Å². The van der Waals surface area contributed by atoms with Crippen LogP contribution in [-0.2, 0) is 20.5 Å². The molecule has 1 saturated heterocycles. The van der Waals surface area contributed by atoms with Gasteiger partial charge in [-0.05, 0) is 27.4 Å². The van der Waals surface area contributed by atoms with Gasteiger partial charge in [0.05, 0.1) is 31.5 Å². The molecule has 1 fully saturated rings. The van der Waals surface area contributed by atoms with E-state index in [1.54, 1.807) is 0 Å². The largest absolute Gasteiger partial charge is 0.402 e. The normalized spacial score (nSPS) is 21.2. The zero-order chi connectivity index (χ0) is 26.3. The highest BCUT2D eigenvalue weighted by molar-refractivity contribution is 6.99. The van der Waals surface area contributed by atoms with E-state index in [4.69, 9.17) is 13.9 Å². The number of aliphatic hydroxyl groups excluding tert-OH is 2. The molecule has 4 atom stereocenters. The van der Waals surface area contributed by atoms with Gasteiger partial charge in [-0.15, -0.1) is 0 Å². The molecule has 1 aliphatic heterocycles. The Morgan fingerprint density at radius 1 is 0.892 bits per heavy atom. The van der Waals surface area contributed by atoms with Crippen molar-refractivity contribution in [1.29, 1.82) is 0 Å². The van der Waals surface area contributed by atoms with Crippen LogP contribution < -0.4 is 10.4 Å². The fourth-order valence-corrected chi connectivity index (χ4v) is 10.1. The molecule has 3 aromatic carbocycles. The summed E-state index contributed by atoms with van der Waals surface area (Å²) in [5.74, 6) is 0. The van der Waals surface area contributed by atoms with Crippen molar-refractivity contribution in [2.75, 3.05) is 13.2 Å². The molecule has 0 unspecified atom stereocenters. The first-order valence-electron chi connectivity index (χ1n) is 13.2. The Kier molecular flexibility index (Phi) is 9.35. The van der Waals surface area contributed by atoms with E-state index >= 15 is 0 Å². The first kappa shape index (κ1) is 27.7. The topological polar surface area (TPSA) is 68.2 Å². The van der Waals surface area contributed by atoms with Crippen LogP contribution in [0.15, 0.2) is 91.0 Å². The van der Waals surface area contributed by atoms with Crippen molar-refractivity contribution in [3.63, 3.8) is 0 Å². The van der Waals surface area contributed by atoms with Crippen molar-refractivity contribution in [2.45, 2.75) is 69.7 Å². The van der Waals surface area contributed by atoms with Crippen molar-refractivity contribution in [3.05, 3.63) is 96.6 Å². The fourth-order valence-electron chi connectivity index (χ4n) is 5.37. The van der Waals surface area contributed by atoms with Crippen LogP contribution >= 0.6 is 0 Å². The van der Waals surface area contributed by atoms with Crippen LogP contribution in [0.2, 0.25) is 5.04 Å². The van der Waals surface area contributed by atoms with Gasteiger partial charge in [0.2, 0.25) is 0 Å². The molecule has 0 spiro atoms. The molecule has 0 aliphatic carbocycles. The van der Waals surface area contributed by atoms with Crippen molar-refractivity contribution in [1.82, 2.24) is 0 Å². The van der Waals surface area contributed by atoms with E-state index < -0.39 is 20.5 Å². The third-order valence-electron chi connectivity index (χ3n) is 7.25. The molecule has 4 rings (SSSR count). The second-order valence-corrected chi connectivity index (χ2v) is 15.1.